The predicted octanol–water partition coefficient (Wildman–Crippen LogP) is 2.82. The fourth-order valence-corrected chi connectivity index (χ4v) is 2.35. The monoisotopic (exact) mass is 167 g/mol. The van der Waals surface area contributed by atoms with Crippen LogP contribution in [0.3, 0.4) is 0 Å². The summed E-state index contributed by atoms with van der Waals surface area (Å²) in [7, 11) is 0. The van der Waals surface area contributed by atoms with Crippen molar-refractivity contribution in [2.24, 2.45) is 0 Å². The SMILES string of the molecule is C=CCC1CC(CC)N1C(C)C. The molecule has 12 heavy (non-hydrogen) atoms. The van der Waals surface area contributed by atoms with Crippen LogP contribution in [-0.2, 0) is 0 Å². The molecule has 0 aromatic rings. The molecular weight excluding hydrogens is 146 g/mol. The van der Waals surface area contributed by atoms with Gasteiger partial charge in [0.1, 0.15) is 0 Å². The Morgan fingerprint density at radius 2 is 2.17 bits per heavy atom. The second-order valence-electron chi connectivity index (χ2n) is 4.02. The molecule has 1 nitrogen and oxygen atoms in total. The van der Waals surface area contributed by atoms with E-state index in [1.807, 2.05) is 6.08 Å². The molecule has 2 atom stereocenters. The third kappa shape index (κ3) is 1.71. The maximum Gasteiger partial charge on any atom is 0.0150 e. The summed E-state index contributed by atoms with van der Waals surface area (Å²) in [5, 5.41) is 0. The van der Waals surface area contributed by atoms with Crippen LogP contribution in [0.15, 0.2) is 12.7 Å². The minimum Gasteiger partial charge on any atom is -0.295 e. The minimum absolute atomic E-state index is 0.702. The van der Waals surface area contributed by atoms with Gasteiger partial charge >= 0.3 is 0 Å². The summed E-state index contributed by atoms with van der Waals surface area (Å²) in [4.78, 5) is 2.63. The molecule has 1 aliphatic heterocycles. The van der Waals surface area contributed by atoms with Gasteiger partial charge in [-0.05, 0) is 33.1 Å². The Kier molecular flexibility index (Phi) is 3.33. The van der Waals surface area contributed by atoms with Gasteiger partial charge in [-0.15, -0.1) is 6.58 Å². The molecule has 1 heterocycles. The van der Waals surface area contributed by atoms with E-state index in [9.17, 15) is 0 Å². The molecule has 0 aliphatic carbocycles. The summed E-state index contributed by atoms with van der Waals surface area (Å²) in [5.41, 5.74) is 0. The zero-order valence-corrected chi connectivity index (χ0v) is 8.59. The molecule has 1 aliphatic rings. The molecule has 1 rings (SSSR count). The van der Waals surface area contributed by atoms with Gasteiger partial charge in [0.05, 0.1) is 0 Å². The third-order valence-electron chi connectivity index (χ3n) is 2.89. The van der Waals surface area contributed by atoms with Crippen LogP contribution in [0.25, 0.3) is 0 Å². The fraction of sp³-hybridized carbons (Fsp3) is 0.818. The summed E-state index contributed by atoms with van der Waals surface area (Å²) >= 11 is 0. The third-order valence-corrected chi connectivity index (χ3v) is 2.89. The molecule has 0 aromatic heterocycles. The summed E-state index contributed by atoms with van der Waals surface area (Å²) in [6.45, 7) is 10.7. The van der Waals surface area contributed by atoms with E-state index in [1.165, 1.54) is 12.8 Å². The van der Waals surface area contributed by atoms with Gasteiger partial charge in [0, 0.05) is 18.1 Å². The van der Waals surface area contributed by atoms with Crippen LogP contribution >= 0.6 is 0 Å². The van der Waals surface area contributed by atoms with E-state index in [2.05, 4.69) is 32.3 Å². The lowest BCUT2D eigenvalue weighted by molar-refractivity contribution is -0.0135. The molecule has 0 radical (unpaired) electrons. The molecule has 0 bridgehead atoms. The van der Waals surface area contributed by atoms with Crippen molar-refractivity contribution in [1.29, 1.82) is 0 Å². The Balaban J connectivity index is 2.44. The zero-order valence-electron chi connectivity index (χ0n) is 8.59. The summed E-state index contributed by atoms with van der Waals surface area (Å²) < 4.78 is 0. The lowest BCUT2D eigenvalue weighted by atomic mass is 9.87. The van der Waals surface area contributed by atoms with Gasteiger partial charge in [0.15, 0.2) is 0 Å². The number of hydrogen-bond acceptors (Lipinski definition) is 1. The zero-order chi connectivity index (χ0) is 9.14. The maximum atomic E-state index is 3.80. The highest BCUT2D eigenvalue weighted by Crippen LogP contribution is 2.32. The summed E-state index contributed by atoms with van der Waals surface area (Å²) in [6.07, 6.45) is 5.88. The molecule has 2 unspecified atom stereocenters. The summed E-state index contributed by atoms with van der Waals surface area (Å²) in [5.74, 6) is 0. The van der Waals surface area contributed by atoms with E-state index >= 15 is 0 Å². The van der Waals surface area contributed by atoms with E-state index in [4.69, 9.17) is 0 Å². The largest absolute Gasteiger partial charge is 0.295 e. The summed E-state index contributed by atoms with van der Waals surface area (Å²) in [6, 6.07) is 2.33. The lowest BCUT2D eigenvalue weighted by Gasteiger charge is -2.51. The average molecular weight is 167 g/mol. The first-order valence-corrected chi connectivity index (χ1v) is 5.09. The smallest absolute Gasteiger partial charge is 0.0150 e. The Morgan fingerprint density at radius 3 is 2.58 bits per heavy atom. The van der Waals surface area contributed by atoms with E-state index in [0.717, 1.165) is 18.5 Å². The van der Waals surface area contributed by atoms with Crippen molar-refractivity contribution in [2.75, 3.05) is 0 Å². The minimum atomic E-state index is 0.702. The molecule has 1 saturated heterocycles. The molecule has 1 fully saturated rings. The normalized spacial score (nSPS) is 30.3. The van der Waals surface area contributed by atoms with Crippen molar-refractivity contribution < 1.29 is 0 Å². The Morgan fingerprint density at radius 1 is 1.50 bits per heavy atom. The fourth-order valence-electron chi connectivity index (χ4n) is 2.35. The first-order valence-electron chi connectivity index (χ1n) is 5.09. The van der Waals surface area contributed by atoms with Crippen molar-refractivity contribution in [3.05, 3.63) is 12.7 Å². The Labute approximate surface area is 76.5 Å². The van der Waals surface area contributed by atoms with Gasteiger partial charge in [-0.2, -0.15) is 0 Å². The highest BCUT2D eigenvalue weighted by atomic mass is 15.3. The standard InChI is InChI=1S/C11H21N/c1-5-7-11-8-10(6-2)12(11)9(3)4/h5,9-11H,1,6-8H2,2-4H3. The van der Waals surface area contributed by atoms with Gasteiger partial charge < -0.3 is 0 Å². The number of likely N-dealkylation sites (tertiary alicyclic amines) is 1. The van der Waals surface area contributed by atoms with Crippen molar-refractivity contribution in [2.45, 2.75) is 58.2 Å². The van der Waals surface area contributed by atoms with E-state index in [-0.39, 0.29) is 0 Å². The van der Waals surface area contributed by atoms with Crippen molar-refractivity contribution in [3.8, 4) is 0 Å². The van der Waals surface area contributed by atoms with E-state index < -0.39 is 0 Å². The van der Waals surface area contributed by atoms with Crippen LogP contribution < -0.4 is 0 Å². The van der Waals surface area contributed by atoms with E-state index in [1.54, 1.807) is 0 Å². The van der Waals surface area contributed by atoms with Gasteiger partial charge in [-0.25, -0.2) is 0 Å². The van der Waals surface area contributed by atoms with Crippen LogP contribution in [0.1, 0.15) is 40.0 Å². The molecule has 0 N–H and O–H groups in total. The first-order chi connectivity index (χ1) is 5.70. The molecule has 0 amide bonds. The van der Waals surface area contributed by atoms with Gasteiger partial charge in [0.2, 0.25) is 0 Å². The lowest BCUT2D eigenvalue weighted by Crippen LogP contribution is -2.58. The topological polar surface area (TPSA) is 3.24 Å². The Hall–Kier alpha value is -0.300. The van der Waals surface area contributed by atoms with E-state index in [0.29, 0.717) is 6.04 Å². The Bertz CT molecular complexity index is 151. The van der Waals surface area contributed by atoms with Crippen LogP contribution in [0.5, 0.6) is 0 Å². The van der Waals surface area contributed by atoms with Gasteiger partial charge in [-0.1, -0.05) is 13.0 Å². The van der Waals surface area contributed by atoms with Crippen molar-refractivity contribution >= 4 is 0 Å². The van der Waals surface area contributed by atoms with Crippen molar-refractivity contribution in [1.82, 2.24) is 4.90 Å². The molecule has 0 saturated carbocycles. The van der Waals surface area contributed by atoms with Crippen LogP contribution in [0.2, 0.25) is 0 Å². The van der Waals surface area contributed by atoms with Crippen molar-refractivity contribution in [3.63, 3.8) is 0 Å². The quantitative estimate of drug-likeness (QED) is 0.582. The number of rotatable bonds is 4. The second-order valence-corrected chi connectivity index (χ2v) is 4.02. The van der Waals surface area contributed by atoms with Gasteiger partial charge in [0.25, 0.3) is 0 Å². The first kappa shape index (κ1) is 9.79. The van der Waals surface area contributed by atoms with Crippen LogP contribution in [0, 0.1) is 0 Å². The van der Waals surface area contributed by atoms with Crippen LogP contribution in [-0.4, -0.2) is 23.0 Å². The highest BCUT2D eigenvalue weighted by molar-refractivity contribution is 4.96. The number of nitrogens with zero attached hydrogens (tertiary/aromatic N) is 1. The average Bonchev–Trinajstić information content (AvgIpc) is 1.95. The maximum absolute atomic E-state index is 3.80. The van der Waals surface area contributed by atoms with Crippen LogP contribution in [0.4, 0.5) is 0 Å². The molecular formula is C11H21N. The predicted molar refractivity (Wildman–Crippen MR) is 54.3 cm³/mol. The van der Waals surface area contributed by atoms with Gasteiger partial charge in [-0.3, -0.25) is 4.90 Å². The molecule has 1 heteroatoms. The number of hydrogen-bond donors (Lipinski definition) is 0. The molecule has 0 aromatic carbocycles. The highest BCUT2D eigenvalue weighted by Gasteiger charge is 2.37. The molecule has 70 valence electrons. The second kappa shape index (κ2) is 4.08. The molecule has 0 spiro atoms.